The Hall–Kier alpha value is -1.96. The lowest BCUT2D eigenvalue weighted by Crippen LogP contribution is -2.40. The topological polar surface area (TPSA) is 52.9 Å². The van der Waals surface area contributed by atoms with Gasteiger partial charge in [-0.15, -0.1) is 0 Å². The van der Waals surface area contributed by atoms with Gasteiger partial charge < -0.3 is 5.32 Å². The third kappa shape index (κ3) is 4.25. The molecule has 1 amide bonds. The van der Waals surface area contributed by atoms with Crippen molar-refractivity contribution >= 4 is 5.91 Å². The normalized spacial score (nSPS) is 17.0. The number of nitrogens with one attached hydrogen (secondary N) is 1. The van der Waals surface area contributed by atoms with E-state index in [-0.39, 0.29) is 18.2 Å². The number of nitriles is 1. The van der Waals surface area contributed by atoms with Gasteiger partial charge in [0.2, 0.25) is 5.91 Å². The molecule has 1 atom stereocenters. The van der Waals surface area contributed by atoms with Gasteiger partial charge in [-0.1, -0.05) is 25.3 Å². The van der Waals surface area contributed by atoms with E-state index in [0.717, 1.165) is 37.8 Å². The molecule has 1 fully saturated rings. The second kappa shape index (κ2) is 7.16. The molecule has 1 aliphatic carbocycles. The molecule has 1 N–H and O–H groups in total. The number of rotatable bonds is 4. The minimum Gasteiger partial charge on any atom is -0.340 e. The maximum atomic E-state index is 13.1. The van der Waals surface area contributed by atoms with Crippen molar-refractivity contribution in [1.29, 1.82) is 5.26 Å². The fraction of sp³-hybridized carbons (Fsp3) is 0.500. The Morgan fingerprint density at radius 2 is 2.00 bits per heavy atom. The second-order valence-corrected chi connectivity index (χ2v) is 5.50. The molecule has 0 aliphatic heterocycles. The SMILES string of the molecule is N#CC(NC(=O)Cc1ccc(F)c(F)c1)C1CCCCC1. The predicted octanol–water partition coefficient (Wildman–Crippen LogP) is 3.10. The van der Waals surface area contributed by atoms with E-state index in [9.17, 15) is 18.8 Å². The van der Waals surface area contributed by atoms with E-state index in [1.54, 1.807) is 0 Å². The number of hydrogen-bond acceptors (Lipinski definition) is 2. The minimum atomic E-state index is -0.968. The van der Waals surface area contributed by atoms with Crippen molar-refractivity contribution in [3.05, 3.63) is 35.4 Å². The summed E-state index contributed by atoms with van der Waals surface area (Å²) in [6.45, 7) is 0. The van der Waals surface area contributed by atoms with Crippen LogP contribution in [0.1, 0.15) is 37.7 Å². The first-order valence-corrected chi connectivity index (χ1v) is 7.23. The van der Waals surface area contributed by atoms with E-state index >= 15 is 0 Å². The standard InChI is InChI=1S/C16H18F2N2O/c17-13-7-6-11(8-14(13)18)9-16(21)20-15(10-19)12-4-2-1-3-5-12/h6-8,12,15H,1-5,9H2,(H,20,21). The predicted molar refractivity (Wildman–Crippen MR) is 74.2 cm³/mol. The number of amides is 1. The summed E-state index contributed by atoms with van der Waals surface area (Å²) in [4.78, 5) is 11.9. The quantitative estimate of drug-likeness (QED) is 0.927. The number of halogens is 2. The first kappa shape index (κ1) is 15.4. The molecule has 0 spiro atoms. The second-order valence-electron chi connectivity index (χ2n) is 5.50. The Balaban J connectivity index is 1.93. The van der Waals surface area contributed by atoms with Gasteiger partial charge in [-0.05, 0) is 36.5 Å². The van der Waals surface area contributed by atoms with Gasteiger partial charge in [0.05, 0.1) is 12.5 Å². The molecule has 2 rings (SSSR count). The molecule has 1 aliphatic rings. The van der Waals surface area contributed by atoms with Crippen molar-refractivity contribution in [3.63, 3.8) is 0 Å². The molecule has 0 radical (unpaired) electrons. The Bertz CT molecular complexity index is 548. The Kier molecular flexibility index (Phi) is 5.26. The number of hydrogen-bond donors (Lipinski definition) is 1. The van der Waals surface area contributed by atoms with Crippen molar-refractivity contribution in [3.8, 4) is 6.07 Å². The van der Waals surface area contributed by atoms with Gasteiger partial charge in [0, 0.05) is 0 Å². The van der Waals surface area contributed by atoms with Crippen LogP contribution < -0.4 is 5.32 Å². The van der Waals surface area contributed by atoms with Crippen LogP contribution in [0.25, 0.3) is 0 Å². The van der Waals surface area contributed by atoms with Gasteiger partial charge in [-0.3, -0.25) is 4.79 Å². The Morgan fingerprint density at radius 3 is 2.62 bits per heavy atom. The van der Waals surface area contributed by atoms with Crippen molar-refractivity contribution in [1.82, 2.24) is 5.32 Å². The number of nitrogens with zero attached hydrogens (tertiary/aromatic N) is 1. The molecular weight excluding hydrogens is 274 g/mol. The number of carbonyl (C=O) groups is 1. The minimum absolute atomic E-state index is 0.0535. The summed E-state index contributed by atoms with van der Waals surface area (Å²) in [6.07, 6.45) is 5.19. The zero-order valence-electron chi connectivity index (χ0n) is 11.7. The van der Waals surface area contributed by atoms with Crippen molar-refractivity contribution in [2.24, 2.45) is 5.92 Å². The van der Waals surface area contributed by atoms with E-state index in [2.05, 4.69) is 11.4 Å². The van der Waals surface area contributed by atoms with E-state index in [4.69, 9.17) is 0 Å². The van der Waals surface area contributed by atoms with Gasteiger partial charge in [-0.2, -0.15) is 5.26 Å². The zero-order chi connectivity index (χ0) is 15.2. The molecule has 21 heavy (non-hydrogen) atoms. The van der Waals surface area contributed by atoms with Crippen LogP contribution in [0.15, 0.2) is 18.2 Å². The van der Waals surface area contributed by atoms with E-state index in [1.807, 2.05) is 0 Å². The van der Waals surface area contributed by atoms with Crippen LogP contribution in [-0.4, -0.2) is 11.9 Å². The highest BCUT2D eigenvalue weighted by molar-refractivity contribution is 5.79. The van der Waals surface area contributed by atoms with Crippen molar-refractivity contribution < 1.29 is 13.6 Å². The molecule has 0 saturated heterocycles. The van der Waals surface area contributed by atoms with Crippen LogP contribution >= 0.6 is 0 Å². The van der Waals surface area contributed by atoms with E-state index in [0.29, 0.717) is 5.56 Å². The first-order valence-electron chi connectivity index (χ1n) is 7.23. The van der Waals surface area contributed by atoms with Gasteiger partial charge in [0.15, 0.2) is 11.6 Å². The summed E-state index contributed by atoms with van der Waals surface area (Å²) >= 11 is 0. The molecule has 0 aromatic heterocycles. The fourth-order valence-electron chi connectivity index (χ4n) is 2.78. The summed E-state index contributed by atoms with van der Waals surface area (Å²) in [5.74, 6) is -2.04. The zero-order valence-corrected chi connectivity index (χ0v) is 11.7. The smallest absolute Gasteiger partial charge is 0.225 e. The summed E-state index contributed by atoms with van der Waals surface area (Å²) < 4.78 is 25.9. The highest BCUT2D eigenvalue weighted by Crippen LogP contribution is 2.26. The highest BCUT2D eigenvalue weighted by atomic mass is 19.2. The fourth-order valence-corrected chi connectivity index (χ4v) is 2.78. The molecule has 1 aromatic rings. The van der Waals surface area contributed by atoms with Crippen molar-refractivity contribution in [2.75, 3.05) is 0 Å². The first-order chi connectivity index (χ1) is 10.1. The van der Waals surface area contributed by atoms with Gasteiger partial charge in [0.1, 0.15) is 6.04 Å². The van der Waals surface area contributed by atoms with Gasteiger partial charge >= 0.3 is 0 Å². The van der Waals surface area contributed by atoms with E-state index in [1.165, 1.54) is 12.5 Å². The lowest BCUT2D eigenvalue weighted by atomic mass is 9.84. The molecular formula is C16H18F2N2O. The molecule has 112 valence electrons. The molecule has 1 unspecified atom stereocenters. The third-order valence-corrected chi connectivity index (χ3v) is 3.93. The number of carbonyl (C=O) groups excluding carboxylic acids is 1. The van der Waals surface area contributed by atoms with Crippen molar-refractivity contribution in [2.45, 2.75) is 44.6 Å². The molecule has 0 heterocycles. The van der Waals surface area contributed by atoms with E-state index < -0.39 is 17.7 Å². The summed E-state index contributed by atoms with van der Waals surface area (Å²) in [5, 5.41) is 11.9. The monoisotopic (exact) mass is 292 g/mol. The average Bonchev–Trinajstić information content (AvgIpc) is 2.49. The van der Waals surface area contributed by atoms with Crippen LogP contribution in [-0.2, 0) is 11.2 Å². The van der Waals surface area contributed by atoms with Gasteiger partial charge in [-0.25, -0.2) is 8.78 Å². The average molecular weight is 292 g/mol. The summed E-state index contributed by atoms with van der Waals surface area (Å²) in [6, 6.07) is 5.03. The molecule has 1 aromatic carbocycles. The molecule has 0 bridgehead atoms. The van der Waals surface area contributed by atoms with Crippen LogP contribution in [0.4, 0.5) is 8.78 Å². The largest absolute Gasteiger partial charge is 0.340 e. The lowest BCUT2D eigenvalue weighted by Gasteiger charge is -2.26. The van der Waals surface area contributed by atoms with Crippen LogP contribution in [0.5, 0.6) is 0 Å². The lowest BCUT2D eigenvalue weighted by molar-refractivity contribution is -0.121. The maximum Gasteiger partial charge on any atom is 0.225 e. The third-order valence-electron chi connectivity index (χ3n) is 3.93. The van der Waals surface area contributed by atoms with Gasteiger partial charge in [0.25, 0.3) is 0 Å². The maximum absolute atomic E-state index is 13.1. The molecule has 3 nitrogen and oxygen atoms in total. The van der Waals surface area contributed by atoms with Crippen LogP contribution in [0, 0.1) is 28.9 Å². The molecule has 5 heteroatoms. The Morgan fingerprint density at radius 1 is 1.29 bits per heavy atom. The van der Waals surface area contributed by atoms with Crippen LogP contribution in [0.2, 0.25) is 0 Å². The summed E-state index contributed by atoms with van der Waals surface area (Å²) in [5.41, 5.74) is 0.395. The van der Waals surface area contributed by atoms with Crippen LogP contribution in [0.3, 0.4) is 0 Å². The molecule has 1 saturated carbocycles. The highest BCUT2D eigenvalue weighted by Gasteiger charge is 2.24. The summed E-state index contributed by atoms with van der Waals surface area (Å²) in [7, 11) is 0. The Labute approximate surface area is 123 Å². The number of benzene rings is 1.